The number of pyridine rings is 2. The number of rotatable bonds is 4. The summed E-state index contributed by atoms with van der Waals surface area (Å²) in [5, 5.41) is 14.7. The summed E-state index contributed by atoms with van der Waals surface area (Å²) in [6, 6.07) is 3.41. The van der Waals surface area contributed by atoms with Gasteiger partial charge in [-0.3, -0.25) is 19.0 Å². The third-order valence-electron chi connectivity index (χ3n) is 8.32. The number of phenols is 1. The standard InChI is InChI=1S/C31H30F2N6O5/c1-7-22(41)37-13-20-30(42)36(6)27-26(38(20)12-15(37)4)17-11-19(33)24(23-18(32)9-8-10-21(23)40)34-29(17)39(31(27)43)25-16(5)35-44-28(25)14(2)3/h7-11,14-15,20,40H,1,12-13H2,2-6H3/t15-,20-/m1/s1. The zero-order valence-corrected chi connectivity index (χ0v) is 24.8. The van der Waals surface area contributed by atoms with Crippen LogP contribution >= 0.6 is 0 Å². The Morgan fingerprint density at radius 3 is 2.55 bits per heavy atom. The van der Waals surface area contributed by atoms with Crippen LogP contribution in [0.2, 0.25) is 0 Å². The Kier molecular flexibility index (Phi) is 6.78. The third kappa shape index (κ3) is 4.09. The zero-order chi connectivity index (χ0) is 31.8. The molecule has 2 aliphatic rings. The van der Waals surface area contributed by atoms with Crippen LogP contribution in [0, 0.1) is 18.6 Å². The first kappa shape index (κ1) is 29.0. The lowest BCUT2D eigenvalue weighted by Gasteiger charge is -2.49. The number of hydrogen-bond donors (Lipinski definition) is 1. The van der Waals surface area contributed by atoms with Crippen molar-refractivity contribution in [2.45, 2.75) is 45.7 Å². The molecule has 1 fully saturated rings. The van der Waals surface area contributed by atoms with Gasteiger partial charge in [-0.15, -0.1) is 0 Å². The van der Waals surface area contributed by atoms with E-state index < -0.39 is 52.2 Å². The van der Waals surface area contributed by atoms with Gasteiger partial charge in [0.25, 0.3) is 11.5 Å². The average Bonchev–Trinajstić information content (AvgIpc) is 3.36. The molecule has 0 unspecified atom stereocenters. The van der Waals surface area contributed by atoms with Gasteiger partial charge in [0.05, 0.1) is 17.8 Å². The van der Waals surface area contributed by atoms with Crippen molar-refractivity contribution < 1.29 is 28.0 Å². The van der Waals surface area contributed by atoms with Gasteiger partial charge in [-0.1, -0.05) is 31.6 Å². The van der Waals surface area contributed by atoms with E-state index in [0.717, 1.165) is 12.1 Å². The van der Waals surface area contributed by atoms with Crippen LogP contribution in [-0.2, 0) is 9.59 Å². The number of carbonyl (C=O) groups excluding carboxylic acids is 2. The first-order chi connectivity index (χ1) is 20.9. The molecule has 1 saturated heterocycles. The molecule has 2 aliphatic heterocycles. The summed E-state index contributed by atoms with van der Waals surface area (Å²) in [7, 11) is 1.45. The van der Waals surface area contributed by atoms with Gasteiger partial charge in [0.1, 0.15) is 40.4 Å². The molecule has 0 spiro atoms. The average molecular weight is 605 g/mol. The number of hydrogen-bond acceptors (Lipinski definition) is 8. The van der Waals surface area contributed by atoms with Gasteiger partial charge in [-0.25, -0.2) is 13.8 Å². The van der Waals surface area contributed by atoms with E-state index in [9.17, 15) is 19.5 Å². The van der Waals surface area contributed by atoms with E-state index in [-0.39, 0.29) is 53.0 Å². The van der Waals surface area contributed by atoms with E-state index in [0.29, 0.717) is 11.5 Å². The molecule has 4 aromatic rings. The molecule has 11 nitrogen and oxygen atoms in total. The van der Waals surface area contributed by atoms with Crippen LogP contribution in [0.15, 0.2) is 46.2 Å². The lowest BCUT2D eigenvalue weighted by atomic mass is 9.98. The molecule has 3 aromatic heterocycles. The number of carbonyl (C=O) groups is 2. The summed E-state index contributed by atoms with van der Waals surface area (Å²) in [4.78, 5) is 49.9. The number of phenolic OH excluding ortho intramolecular Hbond substituents is 1. The number of aryl methyl sites for hydroxylation is 1. The number of benzene rings is 1. The second kappa shape index (κ2) is 10.3. The highest BCUT2D eigenvalue weighted by molar-refractivity contribution is 6.12. The minimum Gasteiger partial charge on any atom is -0.507 e. The van der Waals surface area contributed by atoms with Crippen molar-refractivity contribution in [3.8, 4) is 22.7 Å². The Hall–Kier alpha value is -5.07. The predicted octanol–water partition coefficient (Wildman–Crippen LogP) is 4.02. The van der Waals surface area contributed by atoms with Crippen LogP contribution in [-0.4, -0.2) is 68.7 Å². The molecule has 228 valence electrons. The van der Waals surface area contributed by atoms with Crippen LogP contribution in [0.1, 0.15) is 38.1 Å². The number of nitrogens with zero attached hydrogens (tertiary/aromatic N) is 6. The number of halogens is 2. The summed E-state index contributed by atoms with van der Waals surface area (Å²) >= 11 is 0. The second-order valence-electron chi connectivity index (χ2n) is 11.4. The van der Waals surface area contributed by atoms with E-state index in [4.69, 9.17) is 4.52 Å². The molecule has 44 heavy (non-hydrogen) atoms. The molecule has 5 heterocycles. The Morgan fingerprint density at radius 1 is 1.16 bits per heavy atom. The monoisotopic (exact) mass is 604 g/mol. The molecule has 1 N–H and O–H groups in total. The molecule has 0 saturated carbocycles. The number of fused-ring (bicyclic) bond motifs is 5. The largest absolute Gasteiger partial charge is 0.507 e. The molecule has 13 heteroatoms. The van der Waals surface area contributed by atoms with Crippen molar-refractivity contribution >= 4 is 34.2 Å². The Morgan fingerprint density at radius 2 is 1.89 bits per heavy atom. The molecule has 1 aromatic carbocycles. The summed E-state index contributed by atoms with van der Waals surface area (Å²) in [6.45, 7) is 10.8. The fraction of sp³-hybridized carbons (Fsp3) is 0.323. The van der Waals surface area contributed by atoms with E-state index >= 15 is 8.78 Å². The van der Waals surface area contributed by atoms with Gasteiger partial charge >= 0.3 is 0 Å². The normalized spacial score (nSPS) is 18.2. The number of aromatic nitrogens is 3. The van der Waals surface area contributed by atoms with Crippen LogP contribution in [0.5, 0.6) is 5.75 Å². The van der Waals surface area contributed by atoms with Crippen molar-refractivity contribution in [2.75, 3.05) is 29.9 Å². The van der Waals surface area contributed by atoms with Crippen LogP contribution in [0.3, 0.4) is 0 Å². The predicted molar refractivity (Wildman–Crippen MR) is 159 cm³/mol. The van der Waals surface area contributed by atoms with Gasteiger partial charge in [-0.05, 0) is 38.1 Å². The van der Waals surface area contributed by atoms with Crippen molar-refractivity contribution in [3.05, 3.63) is 70.4 Å². The molecule has 0 radical (unpaired) electrons. The van der Waals surface area contributed by atoms with Crippen LogP contribution in [0.25, 0.3) is 28.0 Å². The molecule has 0 bridgehead atoms. The molecular formula is C31H30F2N6O5. The summed E-state index contributed by atoms with van der Waals surface area (Å²) in [6.07, 6.45) is 1.18. The SMILES string of the molecule is C=CC(=O)N1C[C@@H]2C(=O)N(C)c3c(c4cc(F)c(-c5c(O)cccc5F)nc4n(-c4c(C)noc4C(C)C)c3=O)N2C[C@H]1C. The minimum absolute atomic E-state index is 0.0125. The summed E-state index contributed by atoms with van der Waals surface area (Å²) in [5.41, 5.74) is -0.855. The Balaban J connectivity index is 1.74. The Labute approximate surface area is 250 Å². The fourth-order valence-corrected chi connectivity index (χ4v) is 6.20. The van der Waals surface area contributed by atoms with Crippen LogP contribution < -0.4 is 15.4 Å². The molecule has 6 rings (SSSR count). The van der Waals surface area contributed by atoms with Gasteiger partial charge in [0, 0.05) is 30.9 Å². The smallest absolute Gasteiger partial charge is 0.283 e. The van der Waals surface area contributed by atoms with Crippen LogP contribution in [0.4, 0.5) is 20.2 Å². The second-order valence-corrected chi connectivity index (χ2v) is 11.4. The van der Waals surface area contributed by atoms with Crippen molar-refractivity contribution in [2.24, 2.45) is 0 Å². The number of likely N-dealkylation sites (N-methyl/N-ethyl adjacent to an activating group) is 1. The minimum atomic E-state index is -0.957. The summed E-state index contributed by atoms with van der Waals surface area (Å²) < 4.78 is 37.9. The lowest BCUT2D eigenvalue weighted by Crippen LogP contribution is -2.66. The number of piperazine rings is 1. The molecular weight excluding hydrogens is 574 g/mol. The van der Waals surface area contributed by atoms with Crippen molar-refractivity contribution in [1.82, 2.24) is 19.6 Å². The van der Waals surface area contributed by atoms with E-state index in [1.807, 2.05) is 13.8 Å². The number of amides is 2. The maximum absolute atomic E-state index is 16.1. The third-order valence-corrected chi connectivity index (χ3v) is 8.32. The quantitative estimate of drug-likeness (QED) is 0.347. The highest BCUT2D eigenvalue weighted by Crippen LogP contribution is 2.43. The fourth-order valence-electron chi connectivity index (χ4n) is 6.20. The van der Waals surface area contributed by atoms with Crippen molar-refractivity contribution in [1.29, 1.82) is 0 Å². The maximum Gasteiger partial charge on any atom is 0.283 e. The van der Waals surface area contributed by atoms with E-state index in [2.05, 4.69) is 16.7 Å². The molecule has 0 aliphatic carbocycles. The first-order valence-corrected chi connectivity index (χ1v) is 14.1. The number of anilines is 2. The topological polar surface area (TPSA) is 125 Å². The lowest BCUT2D eigenvalue weighted by molar-refractivity contribution is -0.130. The van der Waals surface area contributed by atoms with E-state index in [1.165, 1.54) is 39.6 Å². The Bertz CT molecular complexity index is 1930. The molecule has 2 amide bonds. The van der Waals surface area contributed by atoms with Crippen molar-refractivity contribution in [3.63, 3.8) is 0 Å². The van der Waals surface area contributed by atoms with Gasteiger partial charge < -0.3 is 24.3 Å². The maximum atomic E-state index is 16.1. The highest BCUT2D eigenvalue weighted by atomic mass is 19.1. The van der Waals surface area contributed by atoms with E-state index in [1.54, 1.807) is 18.7 Å². The first-order valence-electron chi connectivity index (χ1n) is 14.1. The van der Waals surface area contributed by atoms with Gasteiger partial charge in [-0.2, -0.15) is 0 Å². The van der Waals surface area contributed by atoms with Gasteiger partial charge in [0.2, 0.25) is 5.91 Å². The zero-order valence-electron chi connectivity index (χ0n) is 24.8. The molecule has 2 atom stereocenters. The number of aromatic hydroxyl groups is 1. The summed E-state index contributed by atoms with van der Waals surface area (Å²) in [5.74, 6) is -3.06. The van der Waals surface area contributed by atoms with Gasteiger partial charge in [0.15, 0.2) is 17.2 Å². The highest BCUT2D eigenvalue weighted by Gasteiger charge is 2.46.